The molecule has 0 N–H and O–H groups in total. The minimum Gasteiger partial charge on any atom is -0.336 e. The molecule has 6 aliphatic carbocycles. The molecule has 0 aromatic carbocycles. The average Bonchev–Trinajstić information content (AvgIpc) is 3.12. The van der Waals surface area contributed by atoms with Gasteiger partial charge < -0.3 is 14.7 Å². The van der Waals surface area contributed by atoms with E-state index in [4.69, 9.17) is 0 Å². The zero-order valence-corrected chi connectivity index (χ0v) is 29.3. The summed E-state index contributed by atoms with van der Waals surface area (Å²) in [5.74, 6) is -1.47. The standard InChI is InChI=1S/C40H67N3O3/c44-38(41(31-19-7-1-8-20-31)32-21-9-2-10-22-32)37(39(45)42(33-23-11-3-12-24-33)34-25-13-4-14-26-34)40(46)43(35-27-15-5-16-28-35)36-29-17-6-18-30-36/h31-37H,1-30H2. The Hall–Kier alpha value is -1.59. The van der Waals surface area contributed by atoms with E-state index in [2.05, 4.69) is 14.7 Å². The summed E-state index contributed by atoms with van der Waals surface area (Å²) in [5.41, 5.74) is 0. The molecular weight excluding hydrogens is 570 g/mol. The van der Waals surface area contributed by atoms with Gasteiger partial charge in [0.15, 0.2) is 5.92 Å². The molecule has 6 rings (SSSR count). The van der Waals surface area contributed by atoms with Crippen molar-refractivity contribution in [2.75, 3.05) is 0 Å². The summed E-state index contributed by atoms with van der Waals surface area (Å²) >= 11 is 0. The van der Waals surface area contributed by atoms with Gasteiger partial charge in [-0.3, -0.25) is 14.4 Å². The maximum atomic E-state index is 15.5. The maximum absolute atomic E-state index is 15.5. The highest BCUT2D eigenvalue weighted by Crippen LogP contribution is 2.38. The third-order valence-electron chi connectivity index (χ3n) is 13.3. The number of carbonyl (C=O) groups excluding carboxylic acids is 3. The van der Waals surface area contributed by atoms with Gasteiger partial charge in [0.25, 0.3) is 0 Å². The fourth-order valence-electron chi connectivity index (χ4n) is 10.9. The molecule has 0 aromatic heterocycles. The largest absolute Gasteiger partial charge is 0.336 e. The first-order valence-electron chi connectivity index (χ1n) is 20.6. The summed E-state index contributed by atoms with van der Waals surface area (Å²) in [7, 11) is 0. The second-order valence-corrected chi connectivity index (χ2v) is 16.4. The quantitative estimate of drug-likeness (QED) is 0.237. The monoisotopic (exact) mass is 638 g/mol. The Morgan fingerprint density at radius 3 is 0.587 bits per heavy atom. The van der Waals surface area contributed by atoms with Crippen LogP contribution in [0, 0.1) is 5.92 Å². The minimum absolute atomic E-state index is 0.0953. The second kappa shape index (κ2) is 17.2. The van der Waals surface area contributed by atoms with E-state index in [1.54, 1.807) is 0 Å². The van der Waals surface area contributed by atoms with E-state index < -0.39 is 5.92 Å². The van der Waals surface area contributed by atoms with E-state index in [-0.39, 0.29) is 54.0 Å². The molecule has 6 fully saturated rings. The Labute approximate surface area is 281 Å². The number of amides is 3. The van der Waals surface area contributed by atoms with Crippen LogP contribution in [0.25, 0.3) is 0 Å². The van der Waals surface area contributed by atoms with Crippen LogP contribution in [0.15, 0.2) is 0 Å². The number of rotatable bonds is 9. The van der Waals surface area contributed by atoms with Crippen molar-refractivity contribution in [2.45, 2.75) is 229 Å². The summed E-state index contributed by atoms with van der Waals surface area (Å²) in [6.07, 6.45) is 33.6. The van der Waals surface area contributed by atoms with Crippen molar-refractivity contribution in [3.05, 3.63) is 0 Å². The SMILES string of the molecule is O=C(C(C(=O)N(C1CCCCC1)C1CCCCC1)C(=O)N(C1CCCCC1)C1CCCCC1)N(C1CCCCC1)C1CCCCC1. The Morgan fingerprint density at radius 2 is 0.435 bits per heavy atom. The van der Waals surface area contributed by atoms with Crippen molar-refractivity contribution in [2.24, 2.45) is 5.92 Å². The molecule has 0 spiro atoms. The fourth-order valence-corrected chi connectivity index (χ4v) is 10.9. The zero-order valence-electron chi connectivity index (χ0n) is 29.3. The second-order valence-electron chi connectivity index (χ2n) is 16.4. The van der Waals surface area contributed by atoms with Crippen molar-refractivity contribution in [1.82, 2.24) is 14.7 Å². The summed E-state index contributed by atoms with van der Waals surface area (Å²) < 4.78 is 0. The van der Waals surface area contributed by atoms with Crippen LogP contribution in [0.2, 0.25) is 0 Å². The van der Waals surface area contributed by atoms with E-state index in [1.165, 1.54) is 38.5 Å². The van der Waals surface area contributed by atoms with Crippen LogP contribution in [0.4, 0.5) is 0 Å². The topological polar surface area (TPSA) is 60.9 Å². The minimum atomic E-state index is -1.18. The molecule has 46 heavy (non-hydrogen) atoms. The van der Waals surface area contributed by atoms with E-state index in [0.29, 0.717) is 0 Å². The Balaban J connectivity index is 1.40. The Morgan fingerprint density at radius 1 is 0.283 bits per heavy atom. The molecule has 6 heteroatoms. The Kier molecular flexibility index (Phi) is 12.8. The van der Waals surface area contributed by atoms with Crippen LogP contribution >= 0.6 is 0 Å². The summed E-state index contributed by atoms with van der Waals surface area (Å²) in [6, 6.07) is 1.10. The van der Waals surface area contributed by atoms with Gasteiger partial charge in [0.1, 0.15) is 0 Å². The van der Waals surface area contributed by atoms with Gasteiger partial charge >= 0.3 is 0 Å². The van der Waals surface area contributed by atoms with Gasteiger partial charge in [0, 0.05) is 36.3 Å². The third-order valence-corrected chi connectivity index (χ3v) is 13.3. The fraction of sp³-hybridized carbons (Fsp3) is 0.925. The highest BCUT2D eigenvalue weighted by atomic mass is 16.2. The van der Waals surface area contributed by atoms with Crippen LogP contribution in [0.1, 0.15) is 193 Å². The lowest BCUT2D eigenvalue weighted by molar-refractivity contribution is -0.164. The first-order chi connectivity index (χ1) is 22.6. The molecule has 0 unspecified atom stereocenters. The van der Waals surface area contributed by atoms with Crippen molar-refractivity contribution in [1.29, 1.82) is 0 Å². The van der Waals surface area contributed by atoms with Gasteiger partial charge in [0.2, 0.25) is 17.7 Å². The van der Waals surface area contributed by atoms with Crippen LogP contribution in [0.3, 0.4) is 0 Å². The third kappa shape index (κ3) is 8.16. The number of nitrogens with zero attached hydrogens (tertiary/aromatic N) is 3. The number of carbonyl (C=O) groups is 3. The highest BCUT2D eigenvalue weighted by Gasteiger charge is 2.50. The van der Waals surface area contributed by atoms with Gasteiger partial charge in [-0.25, -0.2) is 0 Å². The summed E-state index contributed by atoms with van der Waals surface area (Å²) in [5, 5.41) is 0. The van der Waals surface area contributed by atoms with Crippen molar-refractivity contribution < 1.29 is 14.4 Å². The van der Waals surface area contributed by atoms with E-state index >= 15 is 14.4 Å². The highest BCUT2D eigenvalue weighted by molar-refractivity contribution is 6.17. The van der Waals surface area contributed by atoms with Crippen molar-refractivity contribution >= 4 is 17.7 Å². The normalized spacial score (nSPS) is 25.8. The lowest BCUT2D eigenvalue weighted by Gasteiger charge is -2.48. The molecule has 6 nitrogen and oxygen atoms in total. The first-order valence-corrected chi connectivity index (χ1v) is 20.6. The van der Waals surface area contributed by atoms with E-state index in [9.17, 15) is 0 Å². The zero-order chi connectivity index (χ0) is 31.7. The lowest BCUT2D eigenvalue weighted by atomic mass is 9.84. The summed E-state index contributed by atoms with van der Waals surface area (Å²) in [6.45, 7) is 0. The number of hydrogen-bond acceptors (Lipinski definition) is 3. The summed E-state index contributed by atoms with van der Waals surface area (Å²) in [4.78, 5) is 53.1. The predicted octanol–water partition coefficient (Wildman–Crippen LogP) is 9.08. The first kappa shape index (κ1) is 34.3. The molecule has 3 amide bonds. The molecule has 6 aliphatic rings. The lowest BCUT2D eigenvalue weighted by Crippen LogP contribution is -2.62. The molecule has 6 saturated carbocycles. The Bertz CT molecular complexity index is 787. The van der Waals surface area contributed by atoms with Gasteiger partial charge in [-0.05, 0) is 77.0 Å². The van der Waals surface area contributed by atoms with Crippen molar-refractivity contribution in [3.8, 4) is 0 Å². The molecular formula is C40H67N3O3. The average molecular weight is 638 g/mol. The van der Waals surface area contributed by atoms with Crippen LogP contribution in [-0.4, -0.2) is 68.7 Å². The van der Waals surface area contributed by atoms with E-state index in [1.807, 2.05) is 0 Å². The van der Waals surface area contributed by atoms with Crippen LogP contribution < -0.4 is 0 Å². The predicted molar refractivity (Wildman–Crippen MR) is 185 cm³/mol. The van der Waals surface area contributed by atoms with Gasteiger partial charge in [-0.1, -0.05) is 116 Å². The van der Waals surface area contributed by atoms with Crippen LogP contribution in [-0.2, 0) is 14.4 Å². The molecule has 0 saturated heterocycles. The molecule has 0 aliphatic heterocycles. The van der Waals surface area contributed by atoms with Gasteiger partial charge in [-0.2, -0.15) is 0 Å². The molecule has 0 heterocycles. The molecule has 0 bridgehead atoms. The van der Waals surface area contributed by atoms with Crippen LogP contribution in [0.5, 0.6) is 0 Å². The van der Waals surface area contributed by atoms with Crippen molar-refractivity contribution in [3.63, 3.8) is 0 Å². The number of hydrogen-bond donors (Lipinski definition) is 0. The maximum Gasteiger partial charge on any atom is 0.245 e. The molecule has 0 aromatic rings. The van der Waals surface area contributed by atoms with Gasteiger partial charge in [-0.15, -0.1) is 0 Å². The molecule has 260 valence electrons. The smallest absolute Gasteiger partial charge is 0.245 e. The van der Waals surface area contributed by atoms with Gasteiger partial charge in [0.05, 0.1) is 0 Å². The molecule has 0 atom stereocenters. The van der Waals surface area contributed by atoms with E-state index in [0.717, 1.165) is 154 Å². The molecule has 0 radical (unpaired) electrons.